The SMILES string of the molecule is CS(=N)(=O)CCNc1nonc1/C(=N\O)N[C@@H]1Cc2cccc(F)c21. The van der Waals surface area contributed by atoms with Gasteiger partial charge in [0.2, 0.25) is 5.82 Å². The van der Waals surface area contributed by atoms with Crippen LogP contribution >= 0.6 is 0 Å². The van der Waals surface area contributed by atoms with Gasteiger partial charge in [0.05, 0.1) is 6.04 Å². The first-order valence-corrected chi connectivity index (χ1v) is 9.56. The second kappa shape index (κ2) is 6.67. The van der Waals surface area contributed by atoms with Crippen LogP contribution in [0, 0.1) is 10.6 Å². The maximum absolute atomic E-state index is 13.9. The number of benzene rings is 1. The lowest BCUT2D eigenvalue weighted by Gasteiger charge is -2.31. The summed E-state index contributed by atoms with van der Waals surface area (Å²) in [5.41, 5.74) is 1.52. The molecule has 0 spiro atoms. The average molecular weight is 368 g/mol. The molecule has 1 unspecified atom stereocenters. The van der Waals surface area contributed by atoms with Crippen LogP contribution in [0.1, 0.15) is 22.9 Å². The Kier molecular flexibility index (Phi) is 4.57. The molecule has 0 bridgehead atoms. The zero-order chi connectivity index (χ0) is 18.0. The number of aromatic nitrogens is 2. The molecule has 0 saturated heterocycles. The summed E-state index contributed by atoms with van der Waals surface area (Å²) >= 11 is 0. The monoisotopic (exact) mass is 368 g/mol. The highest BCUT2D eigenvalue weighted by Gasteiger charge is 2.31. The molecule has 0 saturated carbocycles. The molecule has 0 aliphatic heterocycles. The van der Waals surface area contributed by atoms with Gasteiger partial charge in [-0.1, -0.05) is 17.3 Å². The first-order chi connectivity index (χ1) is 11.9. The Balaban J connectivity index is 1.71. The van der Waals surface area contributed by atoms with E-state index in [0.717, 1.165) is 5.56 Å². The van der Waals surface area contributed by atoms with Gasteiger partial charge < -0.3 is 15.8 Å². The number of amidine groups is 1. The van der Waals surface area contributed by atoms with Gasteiger partial charge in [0.25, 0.3) is 0 Å². The molecule has 0 radical (unpaired) electrons. The smallest absolute Gasteiger partial charge is 0.202 e. The van der Waals surface area contributed by atoms with Gasteiger partial charge >= 0.3 is 0 Å². The second-order valence-electron chi connectivity index (χ2n) is 5.76. The van der Waals surface area contributed by atoms with Crippen LogP contribution in [-0.4, -0.2) is 44.1 Å². The van der Waals surface area contributed by atoms with Crippen LogP contribution in [-0.2, 0) is 16.1 Å². The largest absolute Gasteiger partial charge is 0.409 e. The quantitative estimate of drug-likeness (QED) is 0.261. The molecule has 9 nitrogen and oxygen atoms in total. The molecule has 11 heteroatoms. The van der Waals surface area contributed by atoms with Crippen LogP contribution in [0.25, 0.3) is 0 Å². The highest BCUT2D eigenvalue weighted by molar-refractivity contribution is 7.91. The first kappa shape index (κ1) is 17.1. The van der Waals surface area contributed by atoms with E-state index in [4.69, 9.17) is 4.78 Å². The maximum atomic E-state index is 13.9. The van der Waals surface area contributed by atoms with Crippen molar-refractivity contribution in [3.8, 4) is 0 Å². The third-order valence-corrected chi connectivity index (χ3v) is 4.81. The lowest BCUT2D eigenvalue weighted by atomic mass is 9.83. The number of rotatable bonds is 6. The van der Waals surface area contributed by atoms with Gasteiger partial charge in [0.1, 0.15) is 5.82 Å². The van der Waals surface area contributed by atoms with Gasteiger partial charge in [-0.05, 0) is 28.4 Å². The summed E-state index contributed by atoms with van der Waals surface area (Å²) in [4.78, 5) is 0. The number of anilines is 1. The van der Waals surface area contributed by atoms with Crippen LogP contribution in [0.5, 0.6) is 0 Å². The fourth-order valence-corrected chi connectivity index (χ4v) is 3.09. The molecule has 1 aliphatic rings. The summed E-state index contributed by atoms with van der Waals surface area (Å²) in [6.45, 7) is 0.208. The van der Waals surface area contributed by atoms with Gasteiger partial charge in [0, 0.05) is 33.8 Å². The summed E-state index contributed by atoms with van der Waals surface area (Å²) in [6.07, 6.45) is 1.91. The first-order valence-electron chi connectivity index (χ1n) is 7.43. The number of fused-ring (bicyclic) bond motifs is 1. The standard InChI is InChI=1S/C14H17FN6O3S/c1-25(16,23)6-5-17-13-12(20-24-21-13)14(19-22)18-10-7-8-3-2-4-9(15)11(8)10/h2-4,10,16,22H,5-7H2,1H3,(H,17,21)(H,18,19)/t10-,25?/m1/s1. The second-order valence-corrected chi connectivity index (χ2v) is 8.18. The van der Waals surface area contributed by atoms with E-state index in [2.05, 4.69) is 30.7 Å². The van der Waals surface area contributed by atoms with E-state index in [1.165, 1.54) is 12.3 Å². The van der Waals surface area contributed by atoms with Crippen LogP contribution in [0.2, 0.25) is 0 Å². The molecule has 25 heavy (non-hydrogen) atoms. The number of nitrogens with zero attached hydrogens (tertiary/aromatic N) is 3. The van der Waals surface area contributed by atoms with E-state index < -0.39 is 9.73 Å². The summed E-state index contributed by atoms with van der Waals surface area (Å²) < 4.78 is 37.3. The normalized spacial score (nSPS) is 18.8. The van der Waals surface area contributed by atoms with Crippen molar-refractivity contribution in [3.63, 3.8) is 0 Å². The zero-order valence-electron chi connectivity index (χ0n) is 13.3. The van der Waals surface area contributed by atoms with Gasteiger partial charge in [-0.2, -0.15) is 0 Å². The van der Waals surface area contributed by atoms with E-state index in [-0.39, 0.29) is 41.5 Å². The minimum absolute atomic E-state index is 0.0224. The lowest BCUT2D eigenvalue weighted by molar-refractivity contribution is 0.303. The number of halogens is 1. The van der Waals surface area contributed by atoms with Crippen LogP contribution in [0.3, 0.4) is 0 Å². The van der Waals surface area contributed by atoms with Gasteiger partial charge in [0.15, 0.2) is 11.5 Å². The van der Waals surface area contributed by atoms with E-state index in [1.807, 2.05) is 6.07 Å². The molecule has 2 atom stereocenters. The number of hydrogen-bond acceptors (Lipinski definition) is 8. The van der Waals surface area contributed by atoms with Crippen molar-refractivity contribution < 1.29 is 18.4 Å². The summed E-state index contributed by atoms with van der Waals surface area (Å²) in [7, 11) is -2.65. The molecule has 1 aromatic carbocycles. The zero-order valence-corrected chi connectivity index (χ0v) is 14.1. The molecule has 0 amide bonds. The molecule has 134 valence electrons. The predicted octanol–water partition coefficient (Wildman–Crippen LogP) is 1.32. The highest BCUT2D eigenvalue weighted by atomic mass is 32.2. The van der Waals surface area contributed by atoms with Crippen LogP contribution in [0.15, 0.2) is 28.0 Å². The van der Waals surface area contributed by atoms with E-state index in [1.54, 1.807) is 6.07 Å². The number of oxime groups is 1. The molecule has 3 rings (SSSR count). The average Bonchev–Trinajstić information content (AvgIpc) is 2.95. The van der Waals surface area contributed by atoms with Crippen molar-refractivity contribution in [1.82, 2.24) is 15.6 Å². The van der Waals surface area contributed by atoms with E-state index in [9.17, 15) is 13.8 Å². The number of hydrogen-bond donors (Lipinski definition) is 4. The Morgan fingerprint density at radius 1 is 1.56 bits per heavy atom. The Labute approximate surface area is 143 Å². The Morgan fingerprint density at radius 2 is 2.36 bits per heavy atom. The third-order valence-electron chi connectivity index (χ3n) is 3.82. The minimum Gasteiger partial charge on any atom is -0.409 e. The van der Waals surface area contributed by atoms with Gasteiger partial charge in [-0.3, -0.25) is 8.99 Å². The maximum Gasteiger partial charge on any atom is 0.202 e. The lowest BCUT2D eigenvalue weighted by Crippen LogP contribution is -2.37. The van der Waals surface area contributed by atoms with Crippen molar-refractivity contribution in [2.75, 3.05) is 23.9 Å². The fraction of sp³-hybridized carbons (Fsp3) is 0.357. The molecule has 4 N–H and O–H groups in total. The van der Waals surface area contributed by atoms with Gasteiger partial charge in [-0.15, -0.1) is 0 Å². The van der Waals surface area contributed by atoms with Gasteiger partial charge in [-0.25, -0.2) is 9.02 Å². The molecule has 1 aliphatic carbocycles. The molecule has 1 heterocycles. The predicted molar refractivity (Wildman–Crippen MR) is 88.7 cm³/mol. The van der Waals surface area contributed by atoms with Crippen molar-refractivity contribution in [3.05, 3.63) is 40.8 Å². The van der Waals surface area contributed by atoms with Crippen LogP contribution in [0.4, 0.5) is 10.2 Å². The molecular formula is C14H17FN6O3S. The summed E-state index contributed by atoms with van der Waals surface area (Å²) in [5.74, 6) is -0.0642. The highest BCUT2D eigenvalue weighted by Crippen LogP contribution is 2.35. The topological polar surface area (TPSA) is 136 Å². The summed E-state index contributed by atoms with van der Waals surface area (Å²) in [6, 6.07) is 4.50. The fourth-order valence-electron chi connectivity index (χ4n) is 2.60. The Bertz CT molecular complexity index is 897. The van der Waals surface area contributed by atoms with Crippen molar-refractivity contribution >= 4 is 21.4 Å². The Morgan fingerprint density at radius 3 is 3.04 bits per heavy atom. The van der Waals surface area contributed by atoms with Crippen LogP contribution < -0.4 is 10.6 Å². The summed E-state index contributed by atoms with van der Waals surface area (Å²) in [5, 5.41) is 25.5. The minimum atomic E-state index is -2.65. The third kappa shape index (κ3) is 3.71. The molecular weight excluding hydrogens is 351 g/mol. The van der Waals surface area contributed by atoms with Crippen molar-refractivity contribution in [2.24, 2.45) is 5.16 Å². The number of nitrogens with one attached hydrogen (secondary N) is 3. The molecule has 0 fully saturated rings. The van der Waals surface area contributed by atoms with E-state index in [0.29, 0.717) is 12.0 Å². The molecule has 2 aromatic rings. The van der Waals surface area contributed by atoms with Crippen molar-refractivity contribution in [1.29, 1.82) is 4.78 Å². The Hall–Kier alpha value is -2.69. The van der Waals surface area contributed by atoms with E-state index >= 15 is 0 Å². The van der Waals surface area contributed by atoms with Crippen molar-refractivity contribution in [2.45, 2.75) is 12.5 Å². The molecule has 1 aromatic heterocycles.